The fraction of sp³-hybridized carbons (Fsp3) is 0.600. The number of benzene rings is 2. The van der Waals surface area contributed by atoms with Gasteiger partial charge in [0.05, 0.1) is 23.7 Å². The number of amides is 1. The number of nitrogens with zero attached hydrogens (tertiary/aromatic N) is 6. The number of pyridine rings is 1. The van der Waals surface area contributed by atoms with Gasteiger partial charge in [-0.1, -0.05) is 59.6 Å². The normalized spacial score (nSPS) is 24.0. The summed E-state index contributed by atoms with van der Waals surface area (Å²) in [5.74, 6) is 4.05. The highest BCUT2D eigenvalue weighted by Gasteiger charge is 2.53. The molecule has 12 nitrogen and oxygen atoms in total. The largest absolute Gasteiger partial charge is 0.475 e. The number of anilines is 1. The van der Waals surface area contributed by atoms with Gasteiger partial charge in [-0.2, -0.15) is 9.97 Å². The third-order valence-electron chi connectivity index (χ3n) is 14.8. The molecule has 1 amide bonds. The zero-order chi connectivity index (χ0) is 46.2. The summed E-state index contributed by atoms with van der Waals surface area (Å²) in [5.41, 5.74) is 5.18. The Labute approximate surface area is 382 Å². The number of aromatic nitrogens is 3. The van der Waals surface area contributed by atoms with Crippen molar-refractivity contribution in [3.05, 3.63) is 41.7 Å². The summed E-state index contributed by atoms with van der Waals surface area (Å²) in [6.07, 6.45) is 2.29. The van der Waals surface area contributed by atoms with Crippen molar-refractivity contribution in [2.45, 2.75) is 146 Å². The monoisotopic (exact) mass is 910 g/mol. The number of hydrogen-bond acceptors (Lipinski definition) is 11. The molecule has 348 valence electrons. The molecule has 0 radical (unpaired) electrons. The number of ether oxygens (including phenoxy) is 5. The molecule has 9 rings (SSSR count). The van der Waals surface area contributed by atoms with E-state index in [2.05, 4.69) is 62.8 Å². The lowest BCUT2D eigenvalue weighted by molar-refractivity contribution is 0.00537. The number of fused-ring (bicyclic) bond motifs is 7. The van der Waals surface area contributed by atoms with Crippen LogP contribution in [0, 0.1) is 17.3 Å². The predicted octanol–water partition coefficient (Wildman–Crippen LogP) is 9.84. The van der Waals surface area contributed by atoms with Crippen LogP contribution >= 0.6 is 0 Å². The Morgan fingerprint density at radius 2 is 1.77 bits per heavy atom. The SMILES string of the molecule is COCOc1cc(-c2nc3c4c(nc(OC[C@@]56CCCN5C[C@@H](F)C6)nc4c2F)N2C[C@H]4CC[C@@H]([C@H]2CO3)N4C(=O)OC(C)(C)C)c2c(C#C[Si](C(C)C)(C(C)C)C(C)C)cccc2c1. The van der Waals surface area contributed by atoms with E-state index in [1.54, 1.807) is 13.2 Å². The molecule has 4 saturated heterocycles. The van der Waals surface area contributed by atoms with Gasteiger partial charge < -0.3 is 28.6 Å². The standard InChI is InChI=1S/C50H64F2N6O6Si/c1-29(2)65(30(3)4,31(5)6)20-17-32-13-11-14-33-21-36(63-28-60-10)22-37(40(32)33)43-42(52)44-41-45(55-47(54-44)62-27-50-18-12-19-56(50)24-34(51)23-50)57-25-35-15-16-38(39(57)26-61-46(41)53-43)58(35)48(59)64-49(7,8)9/h11,13-14,21-22,29-31,34-35,38-39H,12,15-16,18-19,23-28H2,1-10H3/t34-,35+,38-,39+,50-/m0/s1. The van der Waals surface area contributed by atoms with Gasteiger partial charge in [-0.3, -0.25) is 9.80 Å². The fourth-order valence-corrected chi connectivity index (χ4v) is 17.3. The van der Waals surface area contributed by atoms with E-state index in [0.29, 0.717) is 58.7 Å². The second kappa shape index (κ2) is 17.1. The maximum absolute atomic E-state index is 18.1. The Morgan fingerprint density at radius 1 is 1.00 bits per heavy atom. The number of piperazine rings is 1. The quantitative estimate of drug-likeness (QED) is 0.0862. The van der Waals surface area contributed by atoms with E-state index in [1.165, 1.54) is 0 Å². The molecule has 7 heterocycles. The Balaban J connectivity index is 1.23. The van der Waals surface area contributed by atoms with Crippen molar-refractivity contribution in [1.29, 1.82) is 0 Å². The minimum Gasteiger partial charge on any atom is -0.475 e. The van der Waals surface area contributed by atoms with E-state index in [4.69, 9.17) is 38.6 Å². The van der Waals surface area contributed by atoms with Gasteiger partial charge in [-0.25, -0.2) is 18.6 Å². The van der Waals surface area contributed by atoms with E-state index in [1.807, 2.05) is 49.9 Å². The predicted molar refractivity (Wildman–Crippen MR) is 251 cm³/mol. The molecule has 2 aromatic heterocycles. The Kier molecular flexibility index (Phi) is 12.0. The van der Waals surface area contributed by atoms with E-state index in [-0.39, 0.29) is 67.3 Å². The lowest BCUT2D eigenvalue weighted by Gasteiger charge is -2.46. The summed E-state index contributed by atoms with van der Waals surface area (Å²) >= 11 is 0. The number of carbonyl (C=O) groups is 1. The molecule has 65 heavy (non-hydrogen) atoms. The molecule has 2 aromatic carbocycles. The fourth-order valence-electron chi connectivity index (χ4n) is 12.1. The molecule has 2 bridgehead atoms. The molecule has 5 aliphatic heterocycles. The molecule has 15 heteroatoms. The van der Waals surface area contributed by atoms with E-state index >= 15 is 4.39 Å². The number of carbonyl (C=O) groups excluding carboxylic acids is 1. The van der Waals surface area contributed by atoms with Gasteiger partial charge in [-0.05, 0) is 93.2 Å². The van der Waals surface area contributed by atoms with Crippen LogP contribution in [0.5, 0.6) is 17.6 Å². The molecular weight excluding hydrogens is 847 g/mol. The Bertz CT molecular complexity index is 2540. The van der Waals surface area contributed by atoms with Gasteiger partial charge in [0.25, 0.3) is 0 Å². The van der Waals surface area contributed by atoms with Crippen LogP contribution in [0.1, 0.15) is 100.0 Å². The molecule has 4 fully saturated rings. The molecule has 4 aromatic rings. The van der Waals surface area contributed by atoms with Crippen molar-refractivity contribution in [3.63, 3.8) is 0 Å². The van der Waals surface area contributed by atoms with Gasteiger partial charge in [0.1, 0.15) is 61.2 Å². The minimum atomic E-state index is -2.17. The van der Waals surface area contributed by atoms with Crippen molar-refractivity contribution >= 4 is 41.7 Å². The van der Waals surface area contributed by atoms with E-state index in [0.717, 1.165) is 48.6 Å². The molecule has 0 unspecified atom stereocenters. The number of rotatable bonds is 10. The Morgan fingerprint density at radius 3 is 2.49 bits per heavy atom. The molecule has 0 aliphatic carbocycles. The van der Waals surface area contributed by atoms with Gasteiger partial charge in [0, 0.05) is 43.1 Å². The van der Waals surface area contributed by atoms with Crippen molar-refractivity contribution in [2.75, 3.05) is 51.7 Å². The number of halogens is 2. The smallest absolute Gasteiger partial charge is 0.410 e. The first-order valence-electron chi connectivity index (χ1n) is 23.5. The topological polar surface area (TPSA) is 112 Å². The molecule has 5 atom stereocenters. The number of alkyl halides is 1. The molecular formula is C50H64F2N6O6Si. The first-order valence-corrected chi connectivity index (χ1v) is 25.7. The summed E-state index contributed by atoms with van der Waals surface area (Å²) in [4.78, 5) is 34.9. The highest BCUT2D eigenvalue weighted by atomic mass is 28.3. The van der Waals surface area contributed by atoms with Gasteiger partial charge in [-0.15, -0.1) is 5.54 Å². The van der Waals surface area contributed by atoms with Crippen LogP contribution in [0.4, 0.5) is 19.4 Å². The van der Waals surface area contributed by atoms with Gasteiger partial charge >= 0.3 is 12.1 Å². The zero-order valence-corrected chi connectivity index (χ0v) is 40.6. The van der Waals surface area contributed by atoms with Crippen LogP contribution in [0.15, 0.2) is 30.3 Å². The summed E-state index contributed by atoms with van der Waals surface area (Å²) in [6.45, 7) is 21.2. The third kappa shape index (κ3) is 7.94. The molecule has 0 spiro atoms. The zero-order valence-electron chi connectivity index (χ0n) is 39.6. The molecule has 0 N–H and O–H groups in total. The average Bonchev–Trinajstić information content (AvgIpc) is 3.85. The molecule has 5 aliphatic rings. The highest BCUT2D eigenvalue weighted by molar-refractivity contribution is 6.90. The summed E-state index contributed by atoms with van der Waals surface area (Å²) in [7, 11) is -0.624. The second-order valence-corrected chi connectivity index (χ2v) is 26.4. The van der Waals surface area contributed by atoms with E-state index < -0.39 is 31.2 Å². The lowest BCUT2D eigenvalue weighted by Crippen LogP contribution is -2.63. The van der Waals surface area contributed by atoms with Crippen molar-refractivity contribution in [2.24, 2.45) is 0 Å². The van der Waals surface area contributed by atoms with Crippen molar-refractivity contribution < 1.29 is 37.3 Å². The maximum atomic E-state index is 18.1. The Hall–Kier alpha value is -4.78. The minimum absolute atomic E-state index is 0.00564. The molecule has 0 saturated carbocycles. The average molecular weight is 911 g/mol. The van der Waals surface area contributed by atoms with Crippen LogP contribution in [-0.4, -0.2) is 121 Å². The highest BCUT2D eigenvalue weighted by Crippen LogP contribution is 2.48. The summed E-state index contributed by atoms with van der Waals surface area (Å²) < 4.78 is 63.6. The van der Waals surface area contributed by atoms with E-state index in [9.17, 15) is 9.18 Å². The summed E-state index contributed by atoms with van der Waals surface area (Å²) in [6, 6.07) is 8.82. The van der Waals surface area contributed by atoms with Gasteiger partial charge in [0.15, 0.2) is 12.6 Å². The third-order valence-corrected chi connectivity index (χ3v) is 21.1. The second-order valence-electron chi connectivity index (χ2n) is 20.8. The van der Waals surface area contributed by atoms with Crippen LogP contribution in [-0.2, 0) is 9.47 Å². The van der Waals surface area contributed by atoms with Crippen molar-refractivity contribution in [3.8, 4) is 40.4 Å². The lowest BCUT2D eigenvalue weighted by atomic mass is 9.95. The number of hydrogen-bond donors (Lipinski definition) is 0. The first-order chi connectivity index (χ1) is 30.9. The number of methoxy groups -OCH3 is 1. The first kappa shape index (κ1) is 45.4. The van der Waals surface area contributed by atoms with Crippen LogP contribution < -0.4 is 19.1 Å². The van der Waals surface area contributed by atoms with Gasteiger partial charge in [0.2, 0.25) is 5.88 Å². The van der Waals surface area contributed by atoms with Crippen molar-refractivity contribution in [1.82, 2.24) is 24.8 Å². The maximum Gasteiger partial charge on any atom is 0.410 e. The summed E-state index contributed by atoms with van der Waals surface area (Å²) in [5, 5.41) is 1.85. The van der Waals surface area contributed by atoms with Crippen LogP contribution in [0.3, 0.4) is 0 Å². The van der Waals surface area contributed by atoms with Crippen LogP contribution in [0.25, 0.3) is 32.9 Å². The van der Waals surface area contributed by atoms with Crippen LogP contribution in [0.2, 0.25) is 16.6 Å².